The van der Waals surface area contributed by atoms with Gasteiger partial charge in [-0.05, 0) is 6.92 Å². The van der Waals surface area contributed by atoms with Crippen LogP contribution in [0.15, 0.2) is 23.2 Å². The zero-order chi connectivity index (χ0) is 17.1. The summed E-state index contributed by atoms with van der Waals surface area (Å²) in [7, 11) is 1.80. The summed E-state index contributed by atoms with van der Waals surface area (Å²) in [5.41, 5.74) is 1.80. The normalized spacial score (nSPS) is 10.6. The summed E-state index contributed by atoms with van der Waals surface area (Å²) in [5.74, 6) is -1.09. The van der Waals surface area contributed by atoms with E-state index < -0.39 is 18.5 Å². The lowest BCUT2D eigenvalue weighted by atomic mass is 10.4. The van der Waals surface area contributed by atoms with E-state index in [1.807, 2.05) is 12.3 Å². The van der Waals surface area contributed by atoms with Crippen molar-refractivity contribution in [1.29, 1.82) is 0 Å². The number of nitrogens with one attached hydrogen (secondary N) is 1. The summed E-state index contributed by atoms with van der Waals surface area (Å²) < 4.78 is 6.62. The van der Waals surface area contributed by atoms with Crippen LogP contribution in [0.25, 0.3) is 10.6 Å². The Morgan fingerprint density at radius 2 is 2.12 bits per heavy atom. The molecule has 0 spiro atoms. The van der Waals surface area contributed by atoms with Crippen molar-refractivity contribution in [2.75, 3.05) is 11.9 Å². The van der Waals surface area contributed by atoms with Gasteiger partial charge in [-0.3, -0.25) is 14.8 Å². The van der Waals surface area contributed by atoms with E-state index in [0.717, 1.165) is 11.3 Å². The number of aromatic nitrogens is 4. The van der Waals surface area contributed by atoms with E-state index in [4.69, 9.17) is 4.74 Å². The van der Waals surface area contributed by atoms with Gasteiger partial charge in [-0.2, -0.15) is 5.10 Å². The van der Waals surface area contributed by atoms with Crippen molar-refractivity contribution in [2.24, 2.45) is 7.05 Å². The zero-order valence-corrected chi connectivity index (χ0v) is 14.5. The third kappa shape index (κ3) is 3.84. The van der Waals surface area contributed by atoms with Gasteiger partial charge in [-0.15, -0.1) is 22.7 Å². The first kappa shape index (κ1) is 16.3. The van der Waals surface area contributed by atoms with Gasteiger partial charge < -0.3 is 4.74 Å². The minimum atomic E-state index is -0.646. The molecule has 8 nitrogen and oxygen atoms in total. The number of esters is 1. The fourth-order valence-electron chi connectivity index (χ4n) is 1.80. The van der Waals surface area contributed by atoms with E-state index in [1.54, 1.807) is 29.5 Å². The number of ether oxygens (including phenoxy) is 1. The first-order chi connectivity index (χ1) is 11.5. The minimum absolute atomic E-state index is 0.164. The van der Waals surface area contributed by atoms with Gasteiger partial charge in [0, 0.05) is 29.6 Å². The number of carbonyl (C=O) groups excluding carboxylic acids is 2. The second kappa shape index (κ2) is 6.89. The summed E-state index contributed by atoms with van der Waals surface area (Å²) in [6.07, 6.45) is 3.47. The monoisotopic (exact) mass is 363 g/mol. The molecule has 1 N–H and O–H groups in total. The minimum Gasteiger partial charge on any atom is -0.451 e. The van der Waals surface area contributed by atoms with Crippen LogP contribution in [0.1, 0.15) is 16.2 Å². The van der Waals surface area contributed by atoms with Crippen LogP contribution in [0.4, 0.5) is 5.13 Å². The molecular weight excluding hydrogens is 350 g/mol. The van der Waals surface area contributed by atoms with Crippen molar-refractivity contribution in [3.05, 3.63) is 34.5 Å². The molecule has 0 aliphatic rings. The number of hydrogen-bond acceptors (Lipinski definition) is 8. The van der Waals surface area contributed by atoms with Gasteiger partial charge in [0.2, 0.25) is 0 Å². The van der Waals surface area contributed by atoms with Crippen molar-refractivity contribution in [2.45, 2.75) is 6.92 Å². The molecule has 3 aromatic rings. The molecule has 0 radical (unpaired) electrons. The van der Waals surface area contributed by atoms with Gasteiger partial charge in [0.15, 0.2) is 17.4 Å². The number of anilines is 1. The Balaban J connectivity index is 1.55. The molecule has 0 aliphatic carbocycles. The van der Waals surface area contributed by atoms with E-state index in [1.165, 1.54) is 22.7 Å². The second-order valence-electron chi connectivity index (χ2n) is 4.86. The maximum Gasteiger partial charge on any atom is 0.358 e. The van der Waals surface area contributed by atoms with Crippen molar-refractivity contribution in [3.8, 4) is 10.6 Å². The number of rotatable bonds is 5. The van der Waals surface area contributed by atoms with Crippen LogP contribution in [0.2, 0.25) is 0 Å². The van der Waals surface area contributed by atoms with Crippen molar-refractivity contribution in [1.82, 2.24) is 19.7 Å². The number of aryl methyl sites for hydroxylation is 2. The predicted molar refractivity (Wildman–Crippen MR) is 90.1 cm³/mol. The third-order valence-corrected chi connectivity index (χ3v) is 4.63. The molecule has 0 aliphatic heterocycles. The third-order valence-electron chi connectivity index (χ3n) is 2.86. The topological polar surface area (TPSA) is 99.0 Å². The second-order valence-corrected chi connectivity index (χ2v) is 6.58. The van der Waals surface area contributed by atoms with Crippen molar-refractivity contribution < 1.29 is 14.3 Å². The van der Waals surface area contributed by atoms with E-state index in [2.05, 4.69) is 20.4 Å². The molecule has 0 fully saturated rings. The average molecular weight is 363 g/mol. The predicted octanol–water partition coefficient (Wildman–Crippen LogP) is 2.10. The van der Waals surface area contributed by atoms with E-state index in [-0.39, 0.29) is 5.69 Å². The van der Waals surface area contributed by atoms with Crippen molar-refractivity contribution in [3.63, 3.8) is 0 Å². The Kier molecular flexibility index (Phi) is 4.67. The molecule has 1 amide bonds. The van der Waals surface area contributed by atoms with Gasteiger partial charge in [-0.25, -0.2) is 14.8 Å². The molecule has 3 rings (SSSR count). The van der Waals surface area contributed by atoms with Gasteiger partial charge in [0.05, 0.1) is 11.9 Å². The maximum atomic E-state index is 12.0. The number of nitrogens with zero attached hydrogens (tertiary/aromatic N) is 4. The summed E-state index contributed by atoms with van der Waals surface area (Å²) in [6, 6.07) is 0. The molecule has 3 heterocycles. The highest BCUT2D eigenvalue weighted by Crippen LogP contribution is 2.23. The maximum absolute atomic E-state index is 12.0. The molecule has 24 heavy (non-hydrogen) atoms. The van der Waals surface area contributed by atoms with E-state index in [0.29, 0.717) is 10.1 Å². The quantitative estimate of drug-likeness (QED) is 0.697. The van der Waals surface area contributed by atoms with Gasteiger partial charge in [-0.1, -0.05) is 0 Å². The Morgan fingerprint density at radius 1 is 1.29 bits per heavy atom. The molecule has 3 aromatic heterocycles. The highest BCUT2D eigenvalue weighted by Gasteiger charge is 2.16. The van der Waals surface area contributed by atoms with Crippen LogP contribution < -0.4 is 5.32 Å². The van der Waals surface area contributed by atoms with Crippen LogP contribution in [-0.2, 0) is 16.6 Å². The molecular formula is C14H13N5O3S2. The zero-order valence-electron chi connectivity index (χ0n) is 12.8. The number of amides is 1. The summed E-state index contributed by atoms with van der Waals surface area (Å²) >= 11 is 2.62. The highest BCUT2D eigenvalue weighted by atomic mass is 32.1. The molecule has 0 unspecified atom stereocenters. The molecule has 0 atom stereocenters. The Bertz CT molecular complexity index is 882. The number of thiazole rings is 2. The molecule has 0 aromatic carbocycles. The fourth-order valence-corrected chi connectivity index (χ4v) is 3.27. The first-order valence-electron chi connectivity index (χ1n) is 6.85. The smallest absolute Gasteiger partial charge is 0.358 e. The summed E-state index contributed by atoms with van der Waals surface area (Å²) in [5, 5.41) is 11.2. The lowest BCUT2D eigenvalue weighted by Crippen LogP contribution is -2.21. The molecule has 124 valence electrons. The van der Waals surface area contributed by atoms with Crippen LogP contribution in [-0.4, -0.2) is 38.2 Å². The Labute approximate surface area is 145 Å². The van der Waals surface area contributed by atoms with E-state index >= 15 is 0 Å². The number of carbonyl (C=O) groups is 2. The Hall–Kier alpha value is -2.59. The van der Waals surface area contributed by atoms with Gasteiger partial charge in [0.25, 0.3) is 5.91 Å². The van der Waals surface area contributed by atoms with Crippen LogP contribution in [0.3, 0.4) is 0 Å². The average Bonchev–Trinajstić information content (AvgIpc) is 3.26. The van der Waals surface area contributed by atoms with Crippen LogP contribution in [0.5, 0.6) is 0 Å². The van der Waals surface area contributed by atoms with Crippen LogP contribution in [0, 0.1) is 6.92 Å². The van der Waals surface area contributed by atoms with Crippen LogP contribution >= 0.6 is 22.7 Å². The first-order valence-corrected chi connectivity index (χ1v) is 8.61. The summed E-state index contributed by atoms with van der Waals surface area (Å²) in [6.45, 7) is 1.44. The highest BCUT2D eigenvalue weighted by molar-refractivity contribution is 7.14. The molecule has 0 bridgehead atoms. The van der Waals surface area contributed by atoms with Crippen molar-refractivity contribution >= 4 is 39.7 Å². The lowest BCUT2D eigenvalue weighted by molar-refractivity contribution is -0.119. The van der Waals surface area contributed by atoms with E-state index in [9.17, 15) is 9.59 Å². The lowest BCUT2D eigenvalue weighted by Gasteiger charge is -2.02. The largest absolute Gasteiger partial charge is 0.451 e. The SMILES string of the molecule is Cc1csc(NC(=O)COC(=O)c2csc(-c3cnn(C)c3)n2)n1. The summed E-state index contributed by atoms with van der Waals surface area (Å²) in [4.78, 5) is 32.0. The fraction of sp³-hybridized carbons (Fsp3) is 0.214. The molecule has 0 saturated heterocycles. The molecule has 0 saturated carbocycles. The Morgan fingerprint density at radius 3 is 2.79 bits per heavy atom. The van der Waals surface area contributed by atoms with Gasteiger partial charge >= 0.3 is 5.97 Å². The molecule has 10 heteroatoms. The van der Waals surface area contributed by atoms with Gasteiger partial charge in [0.1, 0.15) is 5.01 Å². The standard InChI is InChI=1S/C14H13N5O3S2/c1-8-6-24-14(16-8)18-11(20)5-22-13(21)10-7-23-12(17-10)9-3-15-19(2)4-9/h3-4,6-7H,5H2,1-2H3,(H,16,18,20). The number of hydrogen-bond donors (Lipinski definition) is 1.